The van der Waals surface area contributed by atoms with Crippen LogP contribution in [0.15, 0.2) is 48.5 Å². The number of rotatable bonds is 1. The summed E-state index contributed by atoms with van der Waals surface area (Å²) in [4.78, 5) is 14.1. The number of fused-ring (bicyclic) bond motifs is 1. The van der Waals surface area contributed by atoms with Crippen molar-refractivity contribution < 1.29 is 9.90 Å². The lowest BCUT2D eigenvalue weighted by Crippen LogP contribution is -2.44. The third kappa shape index (κ3) is 1.91. The molecule has 2 aromatic carbocycles. The molecule has 4 heteroatoms. The quantitative estimate of drug-likeness (QED) is 0.820. The third-order valence-corrected chi connectivity index (χ3v) is 3.37. The van der Waals surface area contributed by atoms with Crippen molar-refractivity contribution in [1.82, 2.24) is 5.32 Å². The smallest absolute Gasteiger partial charge is 0.255 e. The number of benzene rings is 2. The molecule has 0 aliphatic carbocycles. The maximum absolute atomic E-state index is 12.1. The number of nitrogens with zero attached hydrogens (tertiary/aromatic N) is 1. The highest BCUT2D eigenvalue weighted by Crippen LogP contribution is 2.32. The van der Waals surface area contributed by atoms with Crippen molar-refractivity contribution in [2.24, 2.45) is 0 Å². The molecule has 0 saturated heterocycles. The molecule has 0 spiro atoms. The lowest BCUT2D eigenvalue weighted by Gasteiger charge is -2.36. The van der Waals surface area contributed by atoms with Gasteiger partial charge in [-0.2, -0.15) is 0 Å². The summed E-state index contributed by atoms with van der Waals surface area (Å²) in [5.41, 5.74) is 2.41. The lowest BCUT2D eigenvalue weighted by atomic mass is 10.0. The summed E-state index contributed by atoms with van der Waals surface area (Å²) in [7, 11) is 1.92. The topological polar surface area (TPSA) is 52.6 Å². The zero-order valence-corrected chi connectivity index (χ0v) is 10.5. The number of aromatic hydroxyl groups is 1. The Labute approximate surface area is 111 Å². The van der Waals surface area contributed by atoms with E-state index in [1.807, 2.05) is 36.2 Å². The van der Waals surface area contributed by atoms with Crippen LogP contribution in [0.2, 0.25) is 0 Å². The number of hydrogen-bond donors (Lipinski definition) is 2. The molecule has 3 rings (SSSR count). The van der Waals surface area contributed by atoms with Gasteiger partial charge in [0.2, 0.25) is 0 Å². The zero-order chi connectivity index (χ0) is 13.4. The Bertz CT molecular complexity index is 640. The normalized spacial score (nSPS) is 17.8. The van der Waals surface area contributed by atoms with Crippen LogP contribution in [0.4, 0.5) is 5.69 Å². The Balaban J connectivity index is 2.05. The van der Waals surface area contributed by atoms with Gasteiger partial charge < -0.3 is 15.3 Å². The molecule has 19 heavy (non-hydrogen) atoms. The van der Waals surface area contributed by atoms with E-state index < -0.39 is 0 Å². The molecule has 1 atom stereocenters. The minimum Gasteiger partial charge on any atom is -0.508 e. The van der Waals surface area contributed by atoms with Crippen molar-refractivity contribution in [2.75, 3.05) is 11.9 Å². The molecule has 0 bridgehead atoms. The van der Waals surface area contributed by atoms with Gasteiger partial charge in [-0.3, -0.25) is 4.79 Å². The van der Waals surface area contributed by atoms with E-state index in [0.717, 1.165) is 11.3 Å². The molecule has 0 radical (unpaired) electrons. The molecule has 1 amide bonds. The number of anilines is 1. The van der Waals surface area contributed by atoms with Crippen LogP contribution in [0.3, 0.4) is 0 Å². The summed E-state index contributed by atoms with van der Waals surface area (Å²) in [6, 6.07) is 14.4. The highest BCUT2D eigenvalue weighted by Gasteiger charge is 2.28. The molecule has 2 N–H and O–H groups in total. The van der Waals surface area contributed by atoms with E-state index in [0.29, 0.717) is 5.56 Å². The molecule has 2 aromatic rings. The van der Waals surface area contributed by atoms with Crippen LogP contribution in [0.5, 0.6) is 5.75 Å². The van der Waals surface area contributed by atoms with Gasteiger partial charge in [-0.1, -0.05) is 24.3 Å². The van der Waals surface area contributed by atoms with Crippen LogP contribution in [0.25, 0.3) is 0 Å². The second-order valence-corrected chi connectivity index (χ2v) is 4.60. The molecule has 0 saturated carbocycles. The van der Waals surface area contributed by atoms with E-state index in [2.05, 4.69) is 5.32 Å². The summed E-state index contributed by atoms with van der Waals surface area (Å²) in [6.07, 6.45) is -0.269. The van der Waals surface area contributed by atoms with Crippen molar-refractivity contribution in [2.45, 2.75) is 6.17 Å². The van der Waals surface area contributed by atoms with Gasteiger partial charge in [0.15, 0.2) is 0 Å². The van der Waals surface area contributed by atoms with Crippen LogP contribution < -0.4 is 10.2 Å². The van der Waals surface area contributed by atoms with Gasteiger partial charge in [-0.05, 0) is 29.8 Å². The molecule has 1 aliphatic heterocycles. The standard InChI is InChI=1S/C15H14N2O2/c1-17-13-8-3-2-7-12(13)15(19)16-14(17)10-5-4-6-11(18)9-10/h2-9,14,18H,1H3,(H,16,19)/t14-/m0/s1. The van der Waals surface area contributed by atoms with Gasteiger partial charge in [0.25, 0.3) is 5.91 Å². The van der Waals surface area contributed by atoms with Gasteiger partial charge >= 0.3 is 0 Å². The van der Waals surface area contributed by atoms with Crippen molar-refractivity contribution in [3.8, 4) is 5.75 Å². The number of hydrogen-bond acceptors (Lipinski definition) is 3. The number of carbonyl (C=O) groups excluding carboxylic acids is 1. The largest absolute Gasteiger partial charge is 0.508 e. The van der Waals surface area contributed by atoms with Gasteiger partial charge in [0.05, 0.1) is 11.3 Å². The maximum Gasteiger partial charge on any atom is 0.255 e. The van der Waals surface area contributed by atoms with E-state index in [9.17, 15) is 9.90 Å². The fourth-order valence-electron chi connectivity index (χ4n) is 2.41. The average molecular weight is 254 g/mol. The Morgan fingerprint density at radius 3 is 2.74 bits per heavy atom. The Kier molecular flexibility index (Phi) is 2.63. The summed E-state index contributed by atoms with van der Waals surface area (Å²) < 4.78 is 0. The Hall–Kier alpha value is -2.49. The van der Waals surface area contributed by atoms with E-state index in [-0.39, 0.29) is 17.8 Å². The first-order valence-corrected chi connectivity index (χ1v) is 6.08. The number of amides is 1. The van der Waals surface area contributed by atoms with Gasteiger partial charge in [0.1, 0.15) is 11.9 Å². The summed E-state index contributed by atoms with van der Waals surface area (Å²) in [6.45, 7) is 0. The first-order chi connectivity index (χ1) is 9.16. The molecule has 96 valence electrons. The summed E-state index contributed by atoms with van der Waals surface area (Å²) >= 11 is 0. The predicted octanol–water partition coefficient (Wildman–Crippen LogP) is 2.27. The maximum atomic E-state index is 12.1. The predicted molar refractivity (Wildman–Crippen MR) is 73.2 cm³/mol. The van der Waals surface area contributed by atoms with E-state index in [4.69, 9.17) is 0 Å². The minimum absolute atomic E-state index is 0.0953. The van der Waals surface area contributed by atoms with Crippen LogP contribution in [0.1, 0.15) is 22.1 Å². The number of nitrogens with one attached hydrogen (secondary N) is 1. The first kappa shape index (κ1) is 11.6. The van der Waals surface area contributed by atoms with Gasteiger partial charge in [-0.15, -0.1) is 0 Å². The summed E-state index contributed by atoms with van der Waals surface area (Å²) in [5, 5.41) is 12.5. The molecule has 1 aliphatic rings. The number of carbonyl (C=O) groups is 1. The van der Waals surface area contributed by atoms with Crippen LogP contribution in [-0.2, 0) is 0 Å². The molecular formula is C15H14N2O2. The highest BCUT2D eigenvalue weighted by atomic mass is 16.3. The fraction of sp³-hybridized carbons (Fsp3) is 0.133. The number of phenols is 1. The number of para-hydroxylation sites is 1. The molecule has 0 aromatic heterocycles. The Morgan fingerprint density at radius 2 is 1.95 bits per heavy atom. The first-order valence-electron chi connectivity index (χ1n) is 6.08. The molecule has 0 fully saturated rings. The SMILES string of the molecule is CN1c2ccccc2C(=O)N[C@@H]1c1cccc(O)c1. The fourth-order valence-corrected chi connectivity index (χ4v) is 2.41. The Morgan fingerprint density at radius 1 is 1.16 bits per heavy atom. The van der Waals surface area contributed by atoms with Crippen molar-refractivity contribution >= 4 is 11.6 Å². The van der Waals surface area contributed by atoms with E-state index >= 15 is 0 Å². The van der Waals surface area contributed by atoms with Crippen molar-refractivity contribution in [1.29, 1.82) is 0 Å². The average Bonchev–Trinajstić information content (AvgIpc) is 2.43. The summed E-state index contributed by atoms with van der Waals surface area (Å²) in [5.74, 6) is 0.0982. The van der Waals surface area contributed by atoms with Gasteiger partial charge in [0, 0.05) is 7.05 Å². The minimum atomic E-state index is -0.269. The van der Waals surface area contributed by atoms with E-state index in [1.165, 1.54) is 0 Å². The second-order valence-electron chi connectivity index (χ2n) is 4.60. The zero-order valence-electron chi connectivity index (χ0n) is 10.5. The molecular weight excluding hydrogens is 240 g/mol. The van der Waals surface area contributed by atoms with Crippen molar-refractivity contribution in [3.05, 3.63) is 59.7 Å². The van der Waals surface area contributed by atoms with Crippen molar-refractivity contribution in [3.63, 3.8) is 0 Å². The van der Waals surface area contributed by atoms with Crippen LogP contribution >= 0.6 is 0 Å². The third-order valence-electron chi connectivity index (χ3n) is 3.37. The van der Waals surface area contributed by atoms with Gasteiger partial charge in [-0.25, -0.2) is 0 Å². The highest BCUT2D eigenvalue weighted by molar-refractivity contribution is 6.01. The van der Waals surface area contributed by atoms with Crippen LogP contribution in [-0.4, -0.2) is 18.1 Å². The lowest BCUT2D eigenvalue weighted by molar-refractivity contribution is 0.0928. The van der Waals surface area contributed by atoms with E-state index in [1.54, 1.807) is 24.3 Å². The molecule has 1 heterocycles. The van der Waals surface area contributed by atoms with Crippen LogP contribution in [0, 0.1) is 0 Å². The second kappa shape index (κ2) is 4.31. The molecule has 0 unspecified atom stereocenters. The number of phenolic OH excluding ortho intramolecular Hbond substituents is 1. The monoisotopic (exact) mass is 254 g/mol. The molecule has 4 nitrogen and oxygen atoms in total.